The van der Waals surface area contributed by atoms with Crippen LogP contribution in [-0.4, -0.2) is 35.6 Å². The van der Waals surface area contributed by atoms with Crippen molar-refractivity contribution < 1.29 is 19.1 Å². The highest BCUT2D eigenvalue weighted by atomic mass is 32.2. The molecule has 6 nitrogen and oxygen atoms in total. The Bertz CT molecular complexity index is 642. The van der Waals surface area contributed by atoms with E-state index in [0.717, 1.165) is 5.56 Å². The van der Waals surface area contributed by atoms with Gasteiger partial charge in [0.1, 0.15) is 10.9 Å². The first-order valence-corrected chi connectivity index (χ1v) is 7.55. The van der Waals surface area contributed by atoms with Gasteiger partial charge in [-0.25, -0.2) is 9.78 Å². The van der Waals surface area contributed by atoms with Crippen molar-refractivity contribution in [3.63, 3.8) is 0 Å². The summed E-state index contributed by atoms with van der Waals surface area (Å²) in [5.41, 5.74) is 1.05. The number of carbonyl (C=O) groups excluding carboxylic acids is 2. The minimum Gasteiger partial charge on any atom is -0.468 e. The molecule has 0 spiro atoms. The number of hydrogen-bond acceptors (Lipinski definition) is 6. The van der Waals surface area contributed by atoms with Crippen LogP contribution in [-0.2, 0) is 14.3 Å². The van der Waals surface area contributed by atoms with Crippen molar-refractivity contribution in [3.8, 4) is 0 Å². The van der Waals surface area contributed by atoms with E-state index in [0.29, 0.717) is 5.16 Å². The lowest BCUT2D eigenvalue weighted by atomic mass is 10.1. The molecule has 0 bridgehead atoms. The summed E-state index contributed by atoms with van der Waals surface area (Å²) in [6.07, 6.45) is 1.39. The van der Waals surface area contributed by atoms with Crippen molar-refractivity contribution in [2.24, 2.45) is 0 Å². The molecule has 2 aromatic rings. The second-order valence-electron chi connectivity index (χ2n) is 4.25. The van der Waals surface area contributed by atoms with Crippen LogP contribution in [0, 0.1) is 0 Å². The lowest BCUT2D eigenvalue weighted by Crippen LogP contribution is -2.11. The molecule has 0 saturated heterocycles. The Morgan fingerprint density at radius 3 is 2.68 bits per heavy atom. The molecule has 0 aliphatic rings. The van der Waals surface area contributed by atoms with Crippen molar-refractivity contribution >= 4 is 23.7 Å². The molecule has 1 aromatic heterocycles. The molecule has 1 atom stereocenters. The topological polar surface area (TPSA) is 81.3 Å². The van der Waals surface area contributed by atoms with Crippen LogP contribution in [0.4, 0.5) is 0 Å². The Hall–Kier alpha value is -2.28. The van der Waals surface area contributed by atoms with Crippen molar-refractivity contribution in [2.45, 2.75) is 17.3 Å². The van der Waals surface area contributed by atoms with Crippen LogP contribution in [0.5, 0.6) is 0 Å². The number of benzene rings is 1. The van der Waals surface area contributed by atoms with Gasteiger partial charge in [0.15, 0.2) is 5.16 Å². The standard InChI is InChI=1S/C15H16N2O4S/c1-3-21-13(18)11-9-16-15(17-11)22-12(14(19)20-2)10-7-5-4-6-8-10/h4-9,12H,3H2,1-2H3,(H,16,17). The van der Waals surface area contributed by atoms with Crippen LogP contribution < -0.4 is 0 Å². The minimum absolute atomic E-state index is 0.251. The van der Waals surface area contributed by atoms with Crippen LogP contribution in [0.3, 0.4) is 0 Å². The molecule has 22 heavy (non-hydrogen) atoms. The quantitative estimate of drug-likeness (QED) is 0.651. The highest BCUT2D eigenvalue weighted by Crippen LogP contribution is 2.34. The van der Waals surface area contributed by atoms with E-state index in [4.69, 9.17) is 9.47 Å². The SMILES string of the molecule is CCOC(=O)c1cnc(SC(C(=O)OC)c2ccccc2)[nH]1. The lowest BCUT2D eigenvalue weighted by molar-refractivity contribution is -0.140. The molecule has 1 heterocycles. The number of carbonyl (C=O) groups is 2. The summed E-state index contributed by atoms with van der Waals surface area (Å²) in [6, 6.07) is 9.23. The second kappa shape index (κ2) is 7.65. The molecule has 7 heteroatoms. The monoisotopic (exact) mass is 320 g/mol. The Morgan fingerprint density at radius 2 is 2.05 bits per heavy atom. The maximum Gasteiger partial charge on any atom is 0.356 e. The third-order valence-corrected chi connectivity index (χ3v) is 3.93. The van der Waals surface area contributed by atoms with E-state index >= 15 is 0 Å². The highest BCUT2D eigenvalue weighted by molar-refractivity contribution is 8.00. The van der Waals surface area contributed by atoms with E-state index in [1.54, 1.807) is 6.92 Å². The number of aromatic amines is 1. The molecule has 1 unspecified atom stereocenters. The largest absolute Gasteiger partial charge is 0.468 e. The molecule has 0 saturated carbocycles. The van der Waals surface area contributed by atoms with Gasteiger partial charge in [-0.3, -0.25) is 4.79 Å². The van der Waals surface area contributed by atoms with E-state index in [-0.39, 0.29) is 18.3 Å². The third-order valence-electron chi connectivity index (χ3n) is 2.79. The van der Waals surface area contributed by atoms with Gasteiger partial charge < -0.3 is 14.5 Å². The van der Waals surface area contributed by atoms with Gasteiger partial charge in [0.2, 0.25) is 0 Å². The number of ether oxygens (including phenoxy) is 2. The molecule has 1 aromatic carbocycles. The predicted molar refractivity (Wildman–Crippen MR) is 81.6 cm³/mol. The van der Waals surface area contributed by atoms with E-state index in [1.165, 1.54) is 25.1 Å². The number of H-pyrrole nitrogens is 1. The van der Waals surface area contributed by atoms with Gasteiger partial charge in [0.05, 0.1) is 19.9 Å². The average molecular weight is 320 g/mol. The Kier molecular flexibility index (Phi) is 5.60. The Labute approximate surface area is 132 Å². The fourth-order valence-electron chi connectivity index (χ4n) is 1.77. The second-order valence-corrected chi connectivity index (χ2v) is 5.35. The summed E-state index contributed by atoms with van der Waals surface area (Å²) >= 11 is 1.18. The number of nitrogens with one attached hydrogen (secondary N) is 1. The number of thioether (sulfide) groups is 1. The van der Waals surface area contributed by atoms with Crippen molar-refractivity contribution in [3.05, 3.63) is 47.8 Å². The van der Waals surface area contributed by atoms with Gasteiger partial charge in [0, 0.05) is 0 Å². The van der Waals surface area contributed by atoms with Crippen molar-refractivity contribution in [1.82, 2.24) is 9.97 Å². The molecule has 0 fully saturated rings. The van der Waals surface area contributed by atoms with Gasteiger partial charge in [0.25, 0.3) is 0 Å². The fourth-order valence-corrected chi connectivity index (χ4v) is 2.77. The van der Waals surface area contributed by atoms with E-state index in [1.807, 2.05) is 30.3 Å². The van der Waals surface area contributed by atoms with Gasteiger partial charge >= 0.3 is 11.9 Å². The van der Waals surface area contributed by atoms with Gasteiger partial charge in [-0.15, -0.1) is 0 Å². The van der Waals surface area contributed by atoms with Crippen LogP contribution in [0.25, 0.3) is 0 Å². The summed E-state index contributed by atoms with van der Waals surface area (Å²) in [7, 11) is 1.34. The highest BCUT2D eigenvalue weighted by Gasteiger charge is 2.24. The van der Waals surface area contributed by atoms with Crippen molar-refractivity contribution in [2.75, 3.05) is 13.7 Å². The van der Waals surface area contributed by atoms with Gasteiger partial charge in [-0.05, 0) is 12.5 Å². The fraction of sp³-hybridized carbons (Fsp3) is 0.267. The molecule has 0 aliphatic heterocycles. The minimum atomic E-state index is -0.563. The average Bonchev–Trinajstić information content (AvgIpc) is 3.02. The summed E-state index contributed by atoms with van der Waals surface area (Å²) < 4.78 is 9.73. The zero-order chi connectivity index (χ0) is 15.9. The van der Waals surface area contributed by atoms with Gasteiger partial charge in [-0.2, -0.15) is 0 Å². The molecule has 0 aliphatic carbocycles. The smallest absolute Gasteiger partial charge is 0.356 e. The number of imidazole rings is 1. The normalized spacial score (nSPS) is 11.7. The number of rotatable bonds is 6. The van der Waals surface area contributed by atoms with E-state index < -0.39 is 11.2 Å². The van der Waals surface area contributed by atoms with Crippen LogP contribution >= 0.6 is 11.8 Å². The summed E-state index contributed by atoms with van der Waals surface area (Å²) in [5.74, 6) is -0.860. The number of esters is 2. The lowest BCUT2D eigenvalue weighted by Gasteiger charge is -2.12. The molecular weight excluding hydrogens is 304 g/mol. The maximum absolute atomic E-state index is 12.0. The number of methoxy groups -OCH3 is 1. The molecular formula is C15H16N2O4S. The third kappa shape index (κ3) is 3.88. The number of hydrogen-bond donors (Lipinski definition) is 1. The number of aromatic nitrogens is 2. The van der Waals surface area contributed by atoms with E-state index in [2.05, 4.69) is 9.97 Å². The molecule has 0 radical (unpaired) electrons. The van der Waals surface area contributed by atoms with Gasteiger partial charge in [-0.1, -0.05) is 42.1 Å². The van der Waals surface area contributed by atoms with Crippen LogP contribution in [0.1, 0.15) is 28.2 Å². The Morgan fingerprint density at radius 1 is 1.32 bits per heavy atom. The zero-order valence-electron chi connectivity index (χ0n) is 12.2. The number of nitrogens with zero attached hydrogens (tertiary/aromatic N) is 1. The van der Waals surface area contributed by atoms with Crippen LogP contribution in [0.2, 0.25) is 0 Å². The van der Waals surface area contributed by atoms with Crippen molar-refractivity contribution in [1.29, 1.82) is 0 Å². The molecule has 1 N–H and O–H groups in total. The molecule has 2 rings (SSSR count). The molecule has 0 amide bonds. The molecule has 116 valence electrons. The van der Waals surface area contributed by atoms with Crippen LogP contribution in [0.15, 0.2) is 41.7 Å². The first-order valence-electron chi connectivity index (χ1n) is 6.67. The summed E-state index contributed by atoms with van der Waals surface area (Å²) in [6.45, 7) is 2.02. The first kappa shape index (κ1) is 16.1. The zero-order valence-corrected chi connectivity index (χ0v) is 13.1. The predicted octanol–water partition coefficient (Wildman–Crippen LogP) is 2.59. The maximum atomic E-state index is 12.0. The first-order chi connectivity index (χ1) is 10.7. The van der Waals surface area contributed by atoms with E-state index in [9.17, 15) is 9.59 Å². The summed E-state index contributed by atoms with van der Waals surface area (Å²) in [4.78, 5) is 30.5. The Balaban J connectivity index is 2.18. The summed E-state index contributed by atoms with van der Waals surface area (Å²) in [5, 5.41) is -0.116.